The van der Waals surface area contributed by atoms with E-state index >= 15 is 0 Å². The molecular formula is C42H46N10O8S2. The van der Waals surface area contributed by atoms with Gasteiger partial charge in [-0.15, -0.1) is 0 Å². The Morgan fingerprint density at radius 1 is 0.565 bits per heavy atom. The summed E-state index contributed by atoms with van der Waals surface area (Å²) in [4.78, 5) is 30.2. The first-order valence-electron chi connectivity index (χ1n) is 19.1. The monoisotopic (exact) mass is 882 g/mol. The van der Waals surface area contributed by atoms with E-state index in [0.717, 1.165) is 19.8 Å². The average Bonchev–Trinajstić information content (AvgIpc) is 3.27. The Morgan fingerprint density at radius 2 is 1.05 bits per heavy atom. The molecule has 0 unspecified atom stereocenters. The third kappa shape index (κ3) is 11.7. The number of rotatable bonds is 20. The van der Waals surface area contributed by atoms with Crippen LogP contribution in [0, 0.1) is 0 Å². The van der Waals surface area contributed by atoms with Gasteiger partial charge >= 0.3 is 0 Å². The minimum absolute atomic E-state index is 0.0785. The summed E-state index contributed by atoms with van der Waals surface area (Å²) in [5, 5.41) is 25.2. The second-order valence-corrected chi connectivity index (χ2v) is 17.1. The second kappa shape index (κ2) is 20.4. The zero-order valence-electron chi connectivity index (χ0n) is 34.4. The third-order valence-corrected chi connectivity index (χ3v) is 11.9. The number of aromatic nitrogens is 6. The zero-order valence-corrected chi connectivity index (χ0v) is 36.0. The molecule has 0 aliphatic rings. The van der Waals surface area contributed by atoms with Crippen molar-refractivity contribution in [3.63, 3.8) is 0 Å². The molecule has 0 saturated heterocycles. The van der Waals surface area contributed by atoms with Gasteiger partial charge in [0.25, 0.3) is 20.2 Å². The first-order chi connectivity index (χ1) is 29.8. The summed E-state index contributed by atoms with van der Waals surface area (Å²) in [5.74, 6) is 1.75. The molecule has 324 valence electrons. The van der Waals surface area contributed by atoms with Crippen LogP contribution in [0.1, 0.15) is 33.9 Å². The van der Waals surface area contributed by atoms with E-state index in [0.29, 0.717) is 35.3 Å². The number of nitrogens with zero attached hydrogens (tertiary/aromatic N) is 8. The van der Waals surface area contributed by atoms with E-state index in [9.17, 15) is 27.0 Å². The molecule has 20 heteroatoms. The standard InChI is InChI=1S/C42H46N10O8S2/c1-51(21-23-53)41-46-37(26-29-11-7-5-8-12-29)45-38(47-41)27-30-15-16-31(35(25-30)61(55,56)59-3)17-18-32-19-20-34(28-36(32)62(57,58)60-4)44-40-48-39(43-33-13-9-6-10-14-33)49-42(50-40)52(2)22-24-54/h5-20,25,28,53-54H,21-24,26-27H2,1-4H3,(H2,43,44,48,49,50)/b18-17+. The molecule has 0 atom stereocenters. The van der Waals surface area contributed by atoms with Crippen molar-refractivity contribution < 1.29 is 35.4 Å². The number of likely N-dealkylation sites (N-methyl/N-ethyl adjacent to an activating group) is 2. The van der Waals surface area contributed by atoms with Crippen LogP contribution in [0.15, 0.2) is 107 Å². The number of para-hydroxylation sites is 1. The van der Waals surface area contributed by atoms with Crippen LogP contribution in [0.3, 0.4) is 0 Å². The number of aliphatic hydroxyl groups excluding tert-OH is 2. The Kier molecular flexibility index (Phi) is 14.9. The van der Waals surface area contributed by atoms with Gasteiger partial charge in [0.15, 0.2) is 0 Å². The molecule has 0 spiro atoms. The highest BCUT2D eigenvalue weighted by molar-refractivity contribution is 7.87. The van der Waals surface area contributed by atoms with E-state index in [-0.39, 0.29) is 77.2 Å². The Hall–Kier alpha value is -6.42. The number of benzene rings is 4. The molecular weight excluding hydrogens is 837 g/mol. The molecule has 2 heterocycles. The fourth-order valence-electron chi connectivity index (χ4n) is 6.04. The van der Waals surface area contributed by atoms with E-state index in [1.54, 1.807) is 42.1 Å². The number of hydrogen-bond acceptors (Lipinski definition) is 18. The topological polar surface area (TPSA) is 235 Å². The first-order valence-corrected chi connectivity index (χ1v) is 22.0. The van der Waals surface area contributed by atoms with Gasteiger partial charge in [-0.25, -0.2) is 4.98 Å². The van der Waals surface area contributed by atoms with Gasteiger partial charge in [-0.05, 0) is 52.6 Å². The number of aliphatic hydroxyl groups is 2. The van der Waals surface area contributed by atoms with Gasteiger partial charge in [-0.2, -0.15) is 41.8 Å². The predicted molar refractivity (Wildman–Crippen MR) is 236 cm³/mol. The lowest BCUT2D eigenvalue weighted by Crippen LogP contribution is -2.25. The van der Waals surface area contributed by atoms with Gasteiger partial charge in [-0.1, -0.05) is 78.9 Å². The molecule has 0 radical (unpaired) electrons. The number of hydrogen-bond donors (Lipinski definition) is 4. The second-order valence-electron chi connectivity index (χ2n) is 13.7. The number of nitrogens with one attached hydrogen (secondary N) is 2. The summed E-state index contributed by atoms with van der Waals surface area (Å²) in [5.41, 5.74) is 2.94. The lowest BCUT2D eigenvalue weighted by Gasteiger charge is -2.18. The van der Waals surface area contributed by atoms with Crippen molar-refractivity contribution >= 4 is 67.6 Å². The van der Waals surface area contributed by atoms with Crippen molar-refractivity contribution in [2.45, 2.75) is 22.6 Å². The minimum Gasteiger partial charge on any atom is -0.395 e. The van der Waals surface area contributed by atoms with E-state index < -0.39 is 20.2 Å². The minimum atomic E-state index is -4.32. The maximum Gasteiger partial charge on any atom is 0.297 e. The normalized spacial score (nSPS) is 11.8. The molecule has 4 aromatic carbocycles. The molecule has 2 aromatic heterocycles. The lowest BCUT2D eigenvalue weighted by atomic mass is 10.1. The molecule has 0 aliphatic carbocycles. The summed E-state index contributed by atoms with van der Waals surface area (Å²) < 4.78 is 63.2. The van der Waals surface area contributed by atoms with Crippen molar-refractivity contribution in [2.75, 3.05) is 75.1 Å². The third-order valence-electron chi connectivity index (χ3n) is 9.26. The molecule has 6 rings (SSSR count). The van der Waals surface area contributed by atoms with Crippen molar-refractivity contribution in [2.24, 2.45) is 0 Å². The zero-order chi connectivity index (χ0) is 44.3. The van der Waals surface area contributed by atoms with Crippen LogP contribution < -0.4 is 20.4 Å². The van der Waals surface area contributed by atoms with Gasteiger partial charge in [0.05, 0.1) is 27.4 Å². The van der Waals surface area contributed by atoms with Gasteiger partial charge in [0.1, 0.15) is 21.4 Å². The van der Waals surface area contributed by atoms with Crippen LogP contribution >= 0.6 is 0 Å². The maximum absolute atomic E-state index is 13.3. The molecule has 0 fully saturated rings. The smallest absolute Gasteiger partial charge is 0.297 e. The summed E-state index contributed by atoms with van der Waals surface area (Å²) in [7, 11) is -3.06. The molecule has 0 saturated carbocycles. The summed E-state index contributed by atoms with van der Waals surface area (Å²) in [6.45, 7) is 0.265. The summed E-state index contributed by atoms with van der Waals surface area (Å²) >= 11 is 0. The Labute approximate surface area is 360 Å². The largest absolute Gasteiger partial charge is 0.395 e. The number of anilines is 6. The van der Waals surface area contributed by atoms with Crippen LogP contribution in [0.5, 0.6) is 0 Å². The summed E-state index contributed by atoms with van der Waals surface area (Å²) in [6.07, 6.45) is 3.48. The van der Waals surface area contributed by atoms with Crippen LogP contribution in [-0.2, 0) is 41.4 Å². The molecule has 62 heavy (non-hydrogen) atoms. The fraction of sp³-hybridized carbons (Fsp3) is 0.238. The van der Waals surface area contributed by atoms with E-state index in [1.165, 1.54) is 30.4 Å². The van der Waals surface area contributed by atoms with Crippen LogP contribution in [0.4, 0.5) is 35.2 Å². The maximum atomic E-state index is 13.3. The van der Waals surface area contributed by atoms with Crippen molar-refractivity contribution in [3.05, 3.63) is 131 Å². The predicted octanol–water partition coefficient (Wildman–Crippen LogP) is 4.42. The highest BCUT2D eigenvalue weighted by atomic mass is 32.2. The molecule has 6 aromatic rings. The van der Waals surface area contributed by atoms with Gasteiger partial charge in [0.2, 0.25) is 23.8 Å². The van der Waals surface area contributed by atoms with E-state index in [1.807, 2.05) is 60.7 Å². The molecule has 4 N–H and O–H groups in total. The highest BCUT2D eigenvalue weighted by Crippen LogP contribution is 2.29. The average molecular weight is 883 g/mol. The first kappa shape index (κ1) is 45.1. The summed E-state index contributed by atoms with van der Waals surface area (Å²) in [6, 6.07) is 28.1. The van der Waals surface area contributed by atoms with Crippen LogP contribution in [-0.4, -0.2) is 112 Å². The van der Waals surface area contributed by atoms with E-state index in [4.69, 9.17) is 8.37 Å². The molecule has 0 aliphatic heterocycles. The van der Waals surface area contributed by atoms with Gasteiger partial charge in [-0.3, -0.25) is 8.37 Å². The Balaban J connectivity index is 1.32. The van der Waals surface area contributed by atoms with Crippen molar-refractivity contribution in [1.82, 2.24) is 29.9 Å². The van der Waals surface area contributed by atoms with Crippen molar-refractivity contribution in [1.29, 1.82) is 0 Å². The van der Waals surface area contributed by atoms with Crippen LogP contribution in [0.2, 0.25) is 0 Å². The van der Waals surface area contributed by atoms with Crippen molar-refractivity contribution in [3.8, 4) is 0 Å². The van der Waals surface area contributed by atoms with Crippen LogP contribution in [0.25, 0.3) is 12.2 Å². The SMILES string of the molecule is COS(=O)(=O)c1cc(Cc2nc(Cc3ccccc3)nc(N(C)CCO)n2)ccc1/C=C/c1ccc(Nc2nc(Nc3ccccc3)nc(N(C)CCO)n2)cc1S(=O)(=O)OC. The Morgan fingerprint density at radius 3 is 1.60 bits per heavy atom. The molecule has 18 nitrogen and oxygen atoms in total. The quantitative estimate of drug-likeness (QED) is 0.0613. The Bertz CT molecular complexity index is 2540. The van der Waals surface area contributed by atoms with E-state index in [2.05, 4.69) is 40.5 Å². The lowest BCUT2D eigenvalue weighted by molar-refractivity contribution is 0.303. The highest BCUT2D eigenvalue weighted by Gasteiger charge is 2.22. The van der Waals surface area contributed by atoms with Gasteiger partial charge in [0, 0.05) is 51.4 Å². The fourth-order valence-corrected chi connectivity index (χ4v) is 7.82. The van der Waals surface area contributed by atoms with Gasteiger partial charge < -0.3 is 30.6 Å². The molecule has 0 bridgehead atoms. The molecule has 0 amide bonds.